The molecule has 0 saturated carbocycles. The van der Waals surface area contributed by atoms with E-state index in [9.17, 15) is 8.42 Å². The van der Waals surface area contributed by atoms with Crippen LogP contribution < -0.4 is 4.90 Å². The van der Waals surface area contributed by atoms with Crippen molar-refractivity contribution in [3.8, 4) is 0 Å². The number of nitrogens with zero attached hydrogens (tertiary/aromatic N) is 4. The average Bonchev–Trinajstić information content (AvgIpc) is 3.58. The Morgan fingerprint density at radius 3 is 2.75 bits per heavy atom. The summed E-state index contributed by atoms with van der Waals surface area (Å²) < 4.78 is 34.3. The molecule has 0 amide bonds. The van der Waals surface area contributed by atoms with Crippen molar-refractivity contribution in [1.82, 2.24) is 13.9 Å². The molecule has 3 aromatic rings. The third-order valence-corrected chi connectivity index (χ3v) is 8.38. The van der Waals surface area contributed by atoms with E-state index in [1.165, 1.54) is 16.8 Å². The van der Waals surface area contributed by atoms with Crippen LogP contribution in [0.5, 0.6) is 0 Å². The van der Waals surface area contributed by atoms with Crippen molar-refractivity contribution in [2.45, 2.75) is 36.7 Å². The number of anilines is 1. The Morgan fingerprint density at radius 2 is 1.97 bits per heavy atom. The Bertz CT molecular complexity index is 1200. The molecule has 0 aliphatic carbocycles. The predicted molar refractivity (Wildman–Crippen MR) is 126 cm³/mol. The van der Waals surface area contributed by atoms with Crippen LogP contribution in [0, 0.1) is 0 Å². The standard InChI is InChI=1S/C24H30N4O3S/c1-31-21-10-15-27(18-21)20-6-4-7-22(16-20)32(29,30)28-17-19(9-14-26-12-2-3-13-26)24-23(28)8-5-11-25-24/h4-8,11,16-17,21H,2-3,9-10,12-15,18H2,1H3/t21-/m0/s1. The lowest BCUT2D eigenvalue weighted by atomic mass is 10.2. The third kappa shape index (κ3) is 4.02. The zero-order valence-electron chi connectivity index (χ0n) is 18.5. The number of ether oxygens (including phenoxy) is 1. The monoisotopic (exact) mass is 454 g/mol. The van der Waals surface area contributed by atoms with Crippen LogP contribution in [0.15, 0.2) is 53.7 Å². The normalized spacial score (nSPS) is 19.9. The van der Waals surface area contributed by atoms with Crippen LogP contribution in [0.1, 0.15) is 24.8 Å². The van der Waals surface area contributed by atoms with Gasteiger partial charge in [0.15, 0.2) is 0 Å². The van der Waals surface area contributed by atoms with Crippen molar-refractivity contribution in [2.75, 3.05) is 44.7 Å². The van der Waals surface area contributed by atoms with Gasteiger partial charge in [0.2, 0.25) is 0 Å². The molecule has 2 aliphatic rings. The summed E-state index contributed by atoms with van der Waals surface area (Å²) in [6, 6.07) is 10.9. The number of rotatable bonds is 7. The lowest BCUT2D eigenvalue weighted by Gasteiger charge is -2.19. The number of fused-ring (bicyclic) bond motifs is 1. The van der Waals surface area contributed by atoms with Crippen LogP contribution in [-0.2, 0) is 21.2 Å². The van der Waals surface area contributed by atoms with Gasteiger partial charge in [-0.2, -0.15) is 0 Å². The first-order valence-electron chi connectivity index (χ1n) is 11.4. The molecule has 170 valence electrons. The maximum Gasteiger partial charge on any atom is 0.268 e. The fraction of sp³-hybridized carbons (Fsp3) is 0.458. The zero-order valence-corrected chi connectivity index (χ0v) is 19.3. The minimum Gasteiger partial charge on any atom is -0.380 e. The summed E-state index contributed by atoms with van der Waals surface area (Å²) in [5.74, 6) is 0. The summed E-state index contributed by atoms with van der Waals surface area (Å²) in [4.78, 5) is 9.44. The van der Waals surface area contributed by atoms with Gasteiger partial charge in [-0.3, -0.25) is 4.98 Å². The zero-order chi connectivity index (χ0) is 22.1. The Kier molecular flexibility index (Phi) is 5.92. The van der Waals surface area contributed by atoms with E-state index in [-0.39, 0.29) is 6.10 Å². The van der Waals surface area contributed by atoms with Crippen LogP contribution in [-0.4, -0.2) is 68.2 Å². The molecule has 1 atom stereocenters. The quantitative estimate of drug-likeness (QED) is 0.546. The SMILES string of the molecule is CO[C@H]1CCN(c2cccc(S(=O)(=O)n3cc(CCN4CCCC4)c4ncccc43)c2)C1. The van der Waals surface area contributed by atoms with E-state index >= 15 is 0 Å². The number of pyridine rings is 1. The molecule has 0 radical (unpaired) electrons. The highest BCUT2D eigenvalue weighted by atomic mass is 32.2. The Morgan fingerprint density at radius 1 is 1.12 bits per heavy atom. The first-order valence-corrected chi connectivity index (χ1v) is 12.8. The van der Waals surface area contributed by atoms with Crippen molar-refractivity contribution in [1.29, 1.82) is 0 Å². The summed E-state index contributed by atoms with van der Waals surface area (Å²) in [7, 11) is -2.02. The molecule has 7 nitrogen and oxygen atoms in total. The van der Waals surface area contributed by atoms with Crippen LogP contribution in [0.2, 0.25) is 0 Å². The molecule has 2 saturated heterocycles. The highest BCUT2D eigenvalue weighted by Gasteiger charge is 2.26. The van der Waals surface area contributed by atoms with Crippen LogP contribution in [0.4, 0.5) is 5.69 Å². The van der Waals surface area contributed by atoms with E-state index in [1.54, 1.807) is 37.7 Å². The number of methoxy groups -OCH3 is 1. The molecule has 4 heterocycles. The second-order valence-corrected chi connectivity index (χ2v) is 10.5. The minimum atomic E-state index is -3.75. The van der Waals surface area contributed by atoms with Gasteiger partial charge >= 0.3 is 0 Å². The van der Waals surface area contributed by atoms with Gasteiger partial charge < -0.3 is 14.5 Å². The maximum absolute atomic E-state index is 13.7. The van der Waals surface area contributed by atoms with E-state index in [0.717, 1.165) is 62.3 Å². The van der Waals surface area contributed by atoms with Gasteiger partial charge in [-0.15, -0.1) is 0 Å². The molecule has 2 aliphatic heterocycles. The largest absolute Gasteiger partial charge is 0.380 e. The summed E-state index contributed by atoms with van der Waals surface area (Å²) in [6.45, 7) is 4.81. The van der Waals surface area contributed by atoms with E-state index in [1.807, 2.05) is 18.2 Å². The summed E-state index contributed by atoms with van der Waals surface area (Å²) >= 11 is 0. The average molecular weight is 455 g/mol. The predicted octanol–water partition coefficient (Wildman–Crippen LogP) is 3.14. The van der Waals surface area contributed by atoms with Crippen LogP contribution in [0.25, 0.3) is 11.0 Å². The van der Waals surface area contributed by atoms with Crippen molar-refractivity contribution in [2.24, 2.45) is 0 Å². The molecular weight excluding hydrogens is 424 g/mol. The summed E-state index contributed by atoms with van der Waals surface area (Å²) in [6.07, 6.45) is 7.92. The second-order valence-electron chi connectivity index (χ2n) is 8.71. The fourth-order valence-corrected chi connectivity index (χ4v) is 6.29. The lowest BCUT2D eigenvalue weighted by molar-refractivity contribution is 0.121. The molecular formula is C24H30N4O3S. The molecule has 0 unspecified atom stereocenters. The molecule has 0 spiro atoms. The smallest absolute Gasteiger partial charge is 0.268 e. The molecule has 2 fully saturated rings. The maximum atomic E-state index is 13.7. The first kappa shape index (κ1) is 21.4. The molecule has 8 heteroatoms. The molecule has 32 heavy (non-hydrogen) atoms. The minimum absolute atomic E-state index is 0.188. The van der Waals surface area contributed by atoms with E-state index in [2.05, 4.69) is 14.8 Å². The molecule has 0 bridgehead atoms. The molecule has 2 aromatic heterocycles. The van der Waals surface area contributed by atoms with Crippen LogP contribution in [0.3, 0.4) is 0 Å². The number of hydrogen-bond acceptors (Lipinski definition) is 6. The van der Waals surface area contributed by atoms with Gasteiger partial charge in [-0.1, -0.05) is 6.07 Å². The number of aromatic nitrogens is 2. The highest BCUT2D eigenvalue weighted by molar-refractivity contribution is 7.90. The Balaban J connectivity index is 1.47. The van der Waals surface area contributed by atoms with E-state index < -0.39 is 10.0 Å². The Labute approximate surface area is 189 Å². The van der Waals surface area contributed by atoms with Gasteiger partial charge in [-0.05, 0) is 74.7 Å². The highest BCUT2D eigenvalue weighted by Crippen LogP contribution is 2.29. The fourth-order valence-electron chi connectivity index (χ4n) is 4.87. The third-order valence-electron chi connectivity index (χ3n) is 6.72. The van der Waals surface area contributed by atoms with E-state index in [4.69, 9.17) is 4.74 Å². The van der Waals surface area contributed by atoms with Crippen LogP contribution >= 0.6 is 0 Å². The van der Waals surface area contributed by atoms with Gasteiger partial charge in [0.25, 0.3) is 10.0 Å². The molecule has 5 rings (SSSR count). The van der Waals surface area contributed by atoms with E-state index in [0.29, 0.717) is 10.4 Å². The molecule has 0 N–H and O–H groups in total. The Hall–Kier alpha value is -2.42. The molecule has 1 aromatic carbocycles. The second kappa shape index (κ2) is 8.84. The van der Waals surface area contributed by atoms with Crippen molar-refractivity contribution in [3.63, 3.8) is 0 Å². The summed E-state index contributed by atoms with van der Waals surface area (Å²) in [5.41, 5.74) is 3.30. The first-order chi connectivity index (χ1) is 15.6. The van der Waals surface area contributed by atoms with Gasteiger partial charge in [-0.25, -0.2) is 12.4 Å². The number of likely N-dealkylation sites (tertiary alicyclic amines) is 1. The van der Waals surface area contributed by atoms with Gasteiger partial charge in [0.1, 0.15) is 0 Å². The number of benzene rings is 1. The van der Waals surface area contributed by atoms with Gasteiger partial charge in [0, 0.05) is 44.8 Å². The van der Waals surface area contributed by atoms with Crippen molar-refractivity contribution >= 4 is 26.7 Å². The topological polar surface area (TPSA) is 67.7 Å². The van der Waals surface area contributed by atoms with Crippen molar-refractivity contribution in [3.05, 3.63) is 54.4 Å². The number of hydrogen-bond donors (Lipinski definition) is 0. The lowest BCUT2D eigenvalue weighted by Crippen LogP contribution is -2.22. The van der Waals surface area contributed by atoms with Crippen molar-refractivity contribution < 1.29 is 13.2 Å². The summed E-state index contributed by atoms with van der Waals surface area (Å²) in [5, 5.41) is 0. The van der Waals surface area contributed by atoms with Gasteiger partial charge in [0.05, 0.1) is 22.0 Å².